The van der Waals surface area contributed by atoms with Crippen LogP contribution < -0.4 is 5.76 Å². The van der Waals surface area contributed by atoms with Gasteiger partial charge in [-0.15, -0.1) is 0 Å². The van der Waals surface area contributed by atoms with Gasteiger partial charge in [-0.2, -0.15) is 0 Å². The zero-order chi connectivity index (χ0) is 14.3. The maximum Gasteiger partial charge on any atom is 0.417 e. The molecule has 0 unspecified atom stereocenters. The van der Waals surface area contributed by atoms with Gasteiger partial charge in [0.05, 0.1) is 9.99 Å². The molecule has 0 spiro atoms. The Kier molecular flexibility index (Phi) is 3.02. The lowest BCUT2D eigenvalue weighted by molar-refractivity contribution is 0.103. The second kappa shape index (κ2) is 4.72. The fraction of sp³-hybridized carbons (Fsp3) is 0. The molecule has 1 heterocycles. The highest BCUT2D eigenvalue weighted by Crippen LogP contribution is 2.24. The number of fused-ring (bicyclic) bond motifs is 1. The van der Waals surface area contributed by atoms with Crippen LogP contribution in [0.5, 0.6) is 0 Å². The largest absolute Gasteiger partial charge is 0.417 e. The van der Waals surface area contributed by atoms with Crippen molar-refractivity contribution in [1.82, 2.24) is 4.98 Å². The molecule has 3 rings (SSSR count). The average Bonchev–Trinajstić information content (AvgIpc) is 2.80. The van der Waals surface area contributed by atoms with Crippen molar-refractivity contribution in [2.45, 2.75) is 0 Å². The number of halogens is 2. The fourth-order valence-electron chi connectivity index (χ4n) is 1.92. The van der Waals surface area contributed by atoms with Crippen molar-refractivity contribution in [2.75, 3.05) is 0 Å². The minimum atomic E-state index is -0.587. The summed E-state index contributed by atoms with van der Waals surface area (Å²) in [7, 11) is 0. The summed E-state index contributed by atoms with van der Waals surface area (Å²) < 4.78 is 18.5. The number of carbonyl (C=O) groups excluding carboxylic acids is 1. The minimum absolute atomic E-state index is 0.112. The molecule has 3 aromatic rings. The predicted octanol–water partition coefficient (Wildman–Crippen LogP) is 3.25. The number of oxazole rings is 1. The highest BCUT2D eigenvalue weighted by atomic mass is 79.9. The molecule has 0 atom stereocenters. The Morgan fingerprint density at radius 2 is 2.05 bits per heavy atom. The van der Waals surface area contributed by atoms with Crippen LogP contribution in [-0.4, -0.2) is 10.8 Å². The van der Waals surface area contributed by atoms with E-state index in [0.29, 0.717) is 11.1 Å². The second-order valence-corrected chi connectivity index (χ2v) is 4.95. The van der Waals surface area contributed by atoms with Crippen LogP contribution in [0.15, 0.2) is 50.1 Å². The quantitative estimate of drug-likeness (QED) is 0.731. The van der Waals surface area contributed by atoms with E-state index in [4.69, 9.17) is 4.42 Å². The number of H-pyrrole nitrogens is 1. The molecule has 0 saturated carbocycles. The summed E-state index contributed by atoms with van der Waals surface area (Å²) in [6.45, 7) is 0. The van der Waals surface area contributed by atoms with Crippen molar-refractivity contribution in [3.63, 3.8) is 0 Å². The van der Waals surface area contributed by atoms with Crippen LogP contribution in [-0.2, 0) is 0 Å². The van der Waals surface area contributed by atoms with Gasteiger partial charge in [0, 0.05) is 11.1 Å². The van der Waals surface area contributed by atoms with E-state index in [0.717, 1.165) is 0 Å². The third-order valence-electron chi connectivity index (χ3n) is 2.88. The molecule has 20 heavy (non-hydrogen) atoms. The molecule has 0 aliphatic rings. The third-order valence-corrected chi connectivity index (χ3v) is 3.69. The van der Waals surface area contributed by atoms with Crippen molar-refractivity contribution in [3.8, 4) is 0 Å². The minimum Gasteiger partial charge on any atom is -0.408 e. The second-order valence-electron chi connectivity index (χ2n) is 4.16. The number of ketones is 1. The van der Waals surface area contributed by atoms with Crippen molar-refractivity contribution in [1.29, 1.82) is 0 Å². The van der Waals surface area contributed by atoms with E-state index in [-0.39, 0.29) is 21.4 Å². The van der Waals surface area contributed by atoms with Crippen molar-refractivity contribution >= 4 is 32.8 Å². The van der Waals surface area contributed by atoms with Crippen LogP contribution in [0.3, 0.4) is 0 Å². The Bertz CT molecular complexity index is 882. The Labute approximate surface area is 120 Å². The number of rotatable bonds is 2. The molecule has 0 amide bonds. The summed E-state index contributed by atoms with van der Waals surface area (Å²) in [5.41, 5.74) is 1.31. The monoisotopic (exact) mass is 335 g/mol. The van der Waals surface area contributed by atoms with Gasteiger partial charge in [-0.05, 0) is 46.3 Å². The molecule has 2 aromatic carbocycles. The Hall–Kier alpha value is -2.21. The van der Waals surface area contributed by atoms with Crippen molar-refractivity contribution in [3.05, 3.63) is 68.4 Å². The van der Waals surface area contributed by atoms with E-state index in [1.54, 1.807) is 12.1 Å². The van der Waals surface area contributed by atoms with Gasteiger partial charge < -0.3 is 4.42 Å². The summed E-state index contributed by atoms with van der Waals surface area (Å²) in [6.07, 6.45) is 0. The molecule has 1 aromatic heterocycles. The number of aromatic amines is 1. The molecule has 0 bridgehead atoms. The van der Waals surface area contributed by atoms with E-state index in [1.165, 1.54) is 24.3 Å². The predicted molar refractivity (Wildman–Crippen MR) is 74.4 cm³/mol. The van der Waals surface area contributed by atoms with Gasteiger partial charge in [-0.1, -0.05) is 6.07 Å². The van der Waals surface area contributed by atoms with Crippen LogP contribution >= 0.6 is 15.9 Å². The Morgan fingerprint density at radius 1 is 1.25 bits per heavy atom. The molecule has 0 fully saturated rings. The maximum atomic E-state index is 13.4. The number of nitrogens with one attached hydrogen (secondary N) is 1. The number of hydrogen-bond donors (Lipinski definition) is 1. The summed E-state index contributed by atoms with van der Waals surface area (Å²) in [5.74, 6) is -1.45. The van der Waals surface area contributed by atoms with Crippen molar-refractivity contribution in [2.24, 2.45) is 0 Å². The van der Waals surface area contributed by atoms with Crippen LogP contribution in [0.1, 0.15) is 15.9 Å². The smallest absolute Gasteiger partial charge is 0.408 e. The maximum absolute atomic E-state index is 13.4. The summed E-state index contributed by atoms with van der Waals surface area (Å²) >= 11 is 3.06. The molecule has 6 heteroatoms. The normalized spacial score (nSPS) is 10.9. The topological polar surface area (TPSA) is 63.1 Å². The molecule has 0 aliphatic heterocycles. The average molecular weight is 336 g/mol. The van der Waals surface area contributed by atoms with Crippen LogP contribution in [0.2, 0.25) is 0 Å². The first-order chi connectivity index (χ1) is 9.56. The zero-order valence-corrected chi connectivity index (χ0v) is 11.5. The zero-order valence-electron chi connectivity index (χ0n) is 9.94. The van der Waals surface area contributed by atoms with Crippen LogP contribution in [0.4, 0.5) is 4.39 Å². The number of aromatic nitrogens is 1. The van der Waals surface area contributed by atoms with Gasteiger partial charge >= 0.3 is 5.76 Å². The molecular weight excluding hydrogens is 329 g/mol. The first-order valence-corrected chi connectivity index (χ1v) is 6.47. The lowest BCUT2D eigenvalue weighted by Crippen LogP contribution is -2.03. The molecule has 100 valence electrons. The highest BCUT2D eigenvalue weighted by Gasteiger charge is 2.16. The number of benzene rings is 2. The number of hydrogen-bond acceptors (Lipinski definition) is 3. The lowest BCUT2D eigenvalue weighted by atomic mass is 10.0. The molecular formula is C14H7BrFNO3. The fourth-order valence-corrected chi connectivity index (χ4v) is 2.37. The molecule has 1 N–H and O–H groups in total. The van der Waals surface area contributed by atoms with Gasteiger partial charge in [-0.25, -0.2) is 9.18 Å². The number of carbonyl (C=O) groups is 1. The lowest BCUT2D eigenvalue weighted by Gasteiger charge is -2.04. The van der Waals surface area contributed by atoms with Crippen LogP contribution in [0, 0.1) is 5.82 Å². The molecule has 0 saturated heterocycles. The first kappa shape index (κ1) is 12.8. The van der Waals surface area contributed by atoms with Crippen molar-refractivity contribution < 1.29 is 13.6 Å². The molecule has 4 nitrogen and oxygen atoms in total. The van der Waals surface area contributed by atoms with E-state index in [2.05, 4.69) is 20.9 Å². The Balaban J connectivity index is 2.12. The van der Waals surface area contributed by atoms with Crippen LogP contribution in [0.25, 0.3) is 11.1 Å². The third kappa shape index (κ3) is 2.08. The van der Waals surface area contributed by atoms with Gasteiger partial charge in [0.1, 0.15) is 5.82 Å². The van der Waals surface area contributed by atoms with E-state index in [9.17, 15) is 14.0 Å². The summed E-state index contributed by atoms with van der Waals surface area (Å²) in [5, 5.41) is 0. The molecule has 0 aliphatic carbocycles. The van der Waals surface area contributed by atoms with Gasteiger partial charge in [-0.3, -0.25) is 9.78 Å². The summed E-state index contributed by atoms with van der Waals surface area (Å²) in [6, 6.07) is 8.81. The SMILES string of the molecule is O=C(c1ccc2[nH]c(=O)oc2c1)c1cccc(F)c1Br. The summed E-state index contributed by atoms with van der Waals surface area (Å²) in [4.78, 5) is 25.9. The standard InChI is InChI=1S/C14H7BrFNO3/c15-12-8(2-1-3-9(12)16)13(18)7-4-5-10-11(6-7)20-14(19)17-10/h1-6H,(H,17,19). The van der Waals surface area contributed by atoms with E-state index in [1.807, 2.05) is 0 Å². The van der Waals surface area contributed by atoms with Gasteiger partial charge in [0.15, 0.2) is 11.4 Å². The Morgan fingerprint density at radius 3 is 2.85 bits per heavy atom. The van der Waals surface area contributed by atoms with E-state index >= 15 is 0 Å². The van der Waals surface area contributed by atoms with E-state index < -0.39 is 11.6 Å². The first-order valence-electron chi connectivity index (χ1n) is 5.68. The highest BCUT2D eigenvalue weighted by molar-refractivity contribution is 9.10. The van der Waals surface area contributed by atoms with Gasteiger partial charge in [0.2, 0.25) is 0 Å². The molecule has 0 radical (unpaired) electrons. The van der Waals surface area contributed by atoms with Gasteiger partial charge in [0.25, 0.3) is 0 Å².